The Hall–Kier alpha value is -2.33. The summed E-state index contributed by atoms with van der Waals surface area (Å²) in [7, 11) is 1.73. The van der Waals surface area contributed by atoms with E-state index < -0.39 is 0 Å². The molecule has 0 saturated carbocycles. The molecule has 0 unspecified atom stereocenters. The van der Waals surface area contributed by atoms with Gasteiger partial charge in [0.2, 0.25) is 5.91 Å². The smallest absolute Gasteiger partial charge is 0.238 e. The number of hydrogen-bond acceptors (Lipinski definition) is 3. The van der Waals surface area contributed by atoms with Crippen molar-refractivity contribution in [2.24, 2.45) is 0 Å². The van der Waals surface area contributed by atoms with Crippen molar-refractivity contribution in [3.63, 3.8) is 0 Å². The molecule has 0 aliphatic carbocycles. The average molecular weight is 256 g/mol. The molecule has 0 fully saturated rings. The van der Waals surface area contributed by atoms with E-state index in [2.05, 4.69) is 10.6 Å². The first-order valence-electron chi connectivity index (χ1n) is 6.06. The first-order valence-corrected chi connectivity index (χ1v) is 6.06. The third kappa shape index (κ3) is 3.82. The number of carbonyl (C=O) groups is 1. The van der Waals surface area contributed by atoms with Crippen LogP contribution in [0.4, 0.5) is 5.69 Å². The van der Waals surface area contributed by atoms with Gasteiger partial charge in [-0.1, -0.05) is 30.3 Å². The van der Waals surface area contributed by atoms with Crippen molar-refractivity contribution in [3.8, 4) is 11.5 Å². The Morgan fingerprint density at radius 2 is 1.74 bits per heavy atom. The molecule has 4 nitrogen and oxygen atoms in total. The molecule has 19 heavy (non-hydrogen) atoms. The summed E-state index contributed by atoms with van der Waals surface area (Å²) in [5.74, 6) is 1.25. The lowest BCUT2D eigenvalue weighted by Gasteiger charge is -2.12. The van der Waals surface area contributed by atoms with Gasteiger partial charge in [0.15, 0.2) is 5.75 Å². The molecule has 0 aliphatic heterocycles. The van der Waals surface area contributed by atoms with Gasteiger partial charge < -0.3 is 15.4 Å². The monoisotopic (exact) mass is 256 g/mol. The number of ether oxygens (including phenoxy) is 1. The summed E-state index contributed by atoms with van der Waals surface area (Å²) in [5.41, 5.74) is 0.659. The van der Waals surface area contributed by atoms with Gasteiger partial charge in [0.25, 0.3) is 0 Å². The van der Waals surface area contributed by atoms with Gasteiger partial charge in [-0.25, -0.2) is 0 Å². The second-order valence-corrected chi connectivity index (χ2v) is 3.99. The molecular formula is C15H16N2O2. The zero-order valence-electron chi connectivity index (χ0n) is 10.7. The topological polar surface area (TPSA) is 50.4 Å². The van der Waals surface area contributed by atoms with Gasteiger partial charge in [-0.15, -0.1) is 0 Å². The minimum Gasteiger partial charge on any atom is -0.455 e. The van der Waals surface area contributed by atoms with Crippen LogP contribution >= 0.6 is 0 Å². The lowest BCUT2D eigenvalue weighted by atomic mass is 10.3. The van der Waals surface area contributed by atoms with Crippen molar-refractivity contribution in [2.75, 3.05) is 18.9 Å². The van der Waals surface area contributed by atoms with Crippen LogP contribution in [0, 0.1) is 0 Å². The highest BCUT2D eigenvalue weighted by Gasteiger charge is 2.07. The van der Waals surface area contributed by atoms with E-state index >= 15 is 0 Å². The zero-order valence-corrected chi connectivity index (χ0v) is 10.7. The molecule has 0 radical (unpaired) electrons. The first-order chi connectivity index (χ1) is 9.29. The maximum atomic E-state index is 11.6. The molecule has 4 heteroatoms. The minimum atomic E-state index is -0.105. The summed E-state index contributed by atoms with van der Waals surface area (Å²) < 4.78 is 5.75. The number of carbonyl (C=O) groups excluding carboxylic acids is 1. The molecule has 0 heterocycles. The minimum absolute atomic E-state index is 0.105. The number of benzene rings is 2. The summed E-state index contributed by atoms with van der Waals surface area (Å²) in [5, 5.41) is 5.61. The van der Waals surface area contributed by atoms with Crippen LogP contribution in [-0.4, -0.2) is 19.5 Å². The number of para-hydroxylation sites is 3. The highest BCUT2D eigenvalue weighted by Crippen LogP contribution is 2.28. The Labute approximate surface area is 112 Å². The van der Waals surface area contributed by atoms with Crippen molar-refractivity contribution < 1.29 is 9.53 Å². The van der Waals surface area contributed by atoms with Gasteiger partial charge >= 0.3 is 0 Å². The molecule has 2 aromatic carbocycles. The summed E-state index contributed by atoms with van der Waals surface area (Å²) in [6.07, 6.45) is 0. The van der Waals surface area contributed by atoms with Crippen LogP contribution in [0.15, 0.2) is 54.6 Å². The van der Waals surface area contributed by atoms with E-state index in [0.29, 0.717) is 11.4 Å². The van der Waals surface area contributed by atoms with Gasteiger partial charge in [0.05, 0.1) is 12.2 Å². The quantitative estimate of drug-likeness (QED) is 0.864. The molecule has 2 aromatic rings. The molecule has 98 valence electrons. The number of hydrogen-bond donors (Lipinski definition) is 2. The van der Waals surface area contributed by atoms with Crippen molar-refractivity contribution in [1.29, 1.82) is 0 Å². The van der Waals surface area contributed by atoms with Crippen molar-refractivity contribution >= 4 is 11.6 Å². The number of nitrogens with one attached hydrogen (secondary N) is 2. The van der Waals surface area contributed by atoms with E-state index in [1.54, 1.807) is 7.05 Å². The van der Waals surface area contributed by atoms with E-state index in [9.17, 15) is 4.79 Å². The van der Waals surface area contributed by atoms with Crippen molar-refractivity contribution in [1.82, 2.24) is 5.32 Å². The lowest BCUT2D eigenvalue weighted by Crippen LogP contribution is -2.25. The maximum Gasteiger partial charge on any atom is 0.238 e. The van der Waals surface area contributed by atoms with E-state index in [0.717, 1.165) is 5.75 Å². The third-order valence-electron chi connectivity index (χ3n) is 2.47. The fourth-order valence-corrected chi connectivity index (χ4v) is 1.63. The Bertz CT molecular complexity index is 541. The highest BCUT2D eigenvalue weighted by atomic mass is 16.5. The normalized spacial score (nSPS) is 9.95. The third-order valence-corrected chi connectivity index (χ3v) is 2.47. The standard InChI is InChI=1S/C15H16N2O2/c1-16-11-15(18)17-13-9-5-6-10-14(13)19-12-7-3-2-4-8-12/h2-10,16H,11H2,1H3,(H,17,18). The highest BCUT2D eigenvalue weighted by molar-refractivity contribution is 5.93. The molecule has 2 N–H and O–H groups in total. The van der Waals surface area contributed by atoms with Crippen LogP contribution in [0.25, 0.3) is 0 Å². The lowest BCUT2D eigenvalue weighted by molar-refractivity contribution is -0.115. The van der Waals surface area contributed by atoms with Crippen molar-refractivity contribution in [2.45, 2.75) is 0 Å². The van der Waals surface area contributed by atoms with E-state index in [1.165, 1.54) is 0 Å². The van der Waals surface area contributed by atoms with Crippen molar-refractivity contribution in [3.05, 3.63) is 54.6 Å². The van der Waals surface area contributed by atoms with Gasteiger partial charge in [-0.3, -0.25) is 4.79 Å². The van der Waals surface area contributed by atoms with Crippen LogP contribution in [0.1, 0.15) is 0 Å². The van der Waals surface area contributed by atoms with Crippen LogP contribution in [-0.2, 0) is 4.79 Å². The molecule has 0 atom stereocenters. The number of anilines is 1. The predicted octanol–water partition coefficient (Wildman–Crippen LogP) is 2.64. The van der Waals surface area contributed by atoms with Gasteiger partial charge in [0, 0.05) is 0 Å². The molecule has 0 saturated heterocycles. The van der Waals surface area contributed by atoms with E-state index in [4.69, 9.17) is 4.74 Å². The number of rotatable bonds is 5. The second kappa shape index (κ2) is 6.56. The Balaban J connectivity index is 2.14. The zero-order chi connectivity index (χ0) is 13.5. The van der Waals surface area contributed by atoms with E-state index in [1.807, 2.05) is 54.6 Å². The Morgan fingerprint density at radius 3 is 2.47 bits per heavy atom. The predicted molar refractivity (Wildman–Crippen MR) is 75.5 cm³/mol. The van der Waals surface area contributed by atoms with Crippen LogP contribution in [0.2, 0.25) is 0 Å². The molecule has 2 rings (SSSR count). The maximum absolute atomic E-state index is 11.6. The fraction of sp³-hybridized carbons (Fsp3) is 0.133. The number of likely N-dealkylation sites (N-methyl/N-ethyl adjacent to an activating group) is 1. The van der Waals surface area contributed by atoms with Gasteiger partial charge in [0.1, 0.15) is 5.75 Å². The molecular weight excluding hydrogens is 240 g/mol. The summed E-state index contributed by atoms with van der Waals surface area (Å²) in [6, 6.07) is 16.8. The number of amides is 1. The summed E-state index contributed by atoms with van der Waals surface area (Å²) >= 11 is 0. The Kier molecular flexibility index (Phi) is 4.53. The largest absolute Gasteiger partial charge is 0.455 e. The van der Waals surface area contributed by atoms with Crippen LogP contribution < -0.4 is 15.4 Å². The second-order valence-electron chi connectivity index (χ2n) is 3.99. The first kappa shape index (κ1) is 13.1. The van der Waals surface area contributed by atoms with Gasteiger partial charge in [-0.05, 0) is 31.3 Å². The van der Waals surface area contributed by atoms with Gasteiger partial charge in [-0.2, -0.15) is 0 Å². The van der Waals surface area contributed by atoms with Crippen LogP contribution in [0.5, 0.6) is 11.5 Å². The summed E-state index contributed by atoms with van der Waals surface area (Å²) in [4.78, 5) is 11.6. The summed E-state index contributed by atoms with van der Waals surface area (Å²) in [6.45, 7) is 0.264. The molecule has 0 spiro atoms. The Morgan fingerprint density at radius 1 is 1.05 bits per heavy atom. The molecule has 0 bridgehead atoms. The molecule has 0 aromatic heterocycles. The molecule has 0 aliphatic rings. The average Bonchev–Trinajstić information content (AvgIpc) is 2.42. The van der Waals surface area contributed by atoms with Crippen LogP contribution in [0.3, 0.4) is 0 Å². The SMILES string of the molecule is CNCC(=O)Nc1ccccc1Oc1ccccc1. The van der Waals surface area contributed by atoms with E-state index in [-0.39, 0.29) is 12.5 Å². The molecule has 1 amide bonds. The fourth-order valence-electron chi connectivity index (χ4n) is 1.63.